The lowest BCUT2D eigenvalue weighted by molar-refractivity contribution is 0.00948. The van der Waals surface area contributed by atoms with Crippen LogP contribution in [0.25, 0.3) is 0 Å². The van der Waals surface area contributed by atoms with Gasteiger partial charge in [-0.25, -0.2) is 0 Å². The molecule has 3 unspecified atom stereocenters. The zero-order chi connectivity index (χ0) is 9.69. The normalized spacial score (nSPS) is 47.1. The molecule has 0 aromatic rings. The average Bonchev–Trinajstić information content (AvgIpc) is 2.38. The number of methoxy groups -OCH3 is 1. The van der Waals surface area contributed by atoms with Crippen LogP contribution in [0.3, 0.4) is 0 Å². The molecule has 2 aliphatic rings. The molecule has 0 aromatic heterocycles. The number of rotatable bonds is 2. The molecule has 2 aliphatic carbocycles. The first kappa shape index (κ1) is 9.47. The molecule has 0 saturated heterocycles. The van der Waals surface area contributed by atoms with Crippen molar-refractivity contribution in [3.05, 3.63) is 0 Å². The molecule has 2 fully saturated rings. The van der Waals surface area contributed by atoms with E-state index < -0.39 is 0 Å². The minimum Gasteiger partial charge on any atom is -0.384 e. The summed E-state index contributed by atoms with van der Waals surface area (Å²) >= 11 is 0. The van der Waals surface area contributed by atoms with Gasteiger partial charge in [0, 0.05) is 18.6 Å². The molecule has 0 aliphatic heterocycles. The van der Waals surface area contributed by atoms with E-state index in [1.165, 1.54) is 19.3 Å². The standard InChI is InChI=1S/C11H21NO/c1-10(2)8-4-5-11(10,7-13-3)9(12)6-8/h8-9H,4-7,12H2,1-3H3. The minimum atomic E-state index is 0.270. The molecule has 76 valence electrons. The lowest BCUT2D eigenvalue weighted by atomic mass is 9.68. The summed E-state index contributed by atoms with van der Waals surface area (Å²) in [5.41, 5.74) is 6.90. The maximum Gasteiger partial charge on any atom is 0.0538 e. The van der Waals surface area contributed by atoms with Gasteiger partial charge < -0.3 is 10.5 Å². The second-order valence-electron chi connectivity index (χ2n) is 5.39. The Kier molecular flexibility index (Phi) is 1.97. The summed E-state index contributed by atoms with van der Waals surface area (Å²) < 4.78 is 5.37. The van der Waals surface area contributed by atoms with Crippen LogP contribution in [0.2, 0.25) is 0 Å². The maximum atomic E-state index is 6.24. The summed E-state index contributed by atoms with van der Waals surface area (Å²) in [4.78, 5) is 0. The SMILES string of the molecule is COCC12CCC(CC1N)C2(C)C. The fourth-order valence-corrected chi connectivity index (χ4v) is 3.75. The quantitative estimate of drug-likeness (QED) is 0.708. The summed E-state index contributed by atoms with van der Waals surface area (Å²) in [5, 5.41) is 0. The van der Waals surface area contributed by atoms with E-state index >= 15 is 0 Å². The number of ether oxygens (including phenoxy) is 1. The zero-order valence-electron chi connectivity index (χ0n) is 8.97. The van der Waals surface area contributed by atoms with Crippen molar-refractivity contribution in [2.24, 2.45) is 22.5 Å². The van der Waals surface area contributed by atoms with E-state index in [0.717, 1.165) is 12.5 Å². The van der Waals surface area contributed by atoms with E-state index in [1.807, 2.05) is 0 Å². The monoisotopic (exact) mass is 183 g/mol. The Morgan fingerprint density at radius 3 is 2.54 bits per heavy atom. The van der Waals surface area contributed by atoms with E-state index in [-0.39, 0.29) is 5.41 Å². The van der Waals surface area contributed by atoms with Crippen LogP contribution in [0.1, 0.15) is 33.1 Å². The van der Waals surface area contributed by atoms with Crippen LogP contribution in [0.4, 0.5) is 0 Å². The van der Waals surface area contributed by atoms with Crippen LogP contribution in [-0.2, 0) is 4.74 Å². The Bertz CT molecular complexity index is 214. The minimum absolute atomic E-state index is 0.270. The Balaban J connectivity index is 2.31. The van der Waals surface area contributed by atoms with Gasteiger partial charge in [-0.1, -0.05) is 13.8 Å². The molecule has 0 spiro atoms. The predicted octanol–water partition coefficient (Wildman–Crippen LogP) is 1.79. The van der Waals surface area contributed by atoms with Gasteiger partial charge in [-0.05, 0) is 30.6 Å². The molecular formula is C11H21NO. The second-order valence-corrected chi connectivity index (χ2v) is 5.39. The van der Waals surface area contributed by atoms with Crippen molar-refractivity contribution < 1.29 is 4.74 Å². The fourth-order valence-electron chi connectivity index (χ4n) is 3.75. The van der Waals surface area contributed by atoms with Gasteiger partial charge in [-0.15, -0.1) is 0 Å². The average molecular weight is 183 g/mol. The third-order valence-corrected chi connectivity index (χ3v) is 4.89. The van der Waals surface area contributed by atoms with Crippen molar-refractivity contribution in [2.45, 2.75) is 39.2 Å². The third-order valence-electron chi connectivity index (χ3n) is 4.89. The molecule has 2 N–H and O–H groups in total. The molecule has 2 saturated carbocycles. The smallest absolute Gasteiger partial charge is 0.0538 e. The summed E-state index contributed by atoms with van der Waals surface area (Å²) in [6, 6.07) is 0.362. The summed E-state index contributed by atoms with van der Waals surface area (Å²) in [5.74, 6) is 0.831. The maximum absolute atomic E-state index is 6.24. The lowest BCUT2D eigenvalue weighted by Gasteiger charge is -2.40. The molecule has 2 heteroatoms. The first-order valence-corrected chi connectivity index (χ1v) is 5.29. The topological polar surface area (TPSA) is 35.2 Å². The highest BCUT2D eigenvalue weighted by molar-refractivity contribution is 5.14. The number of fused-ring (bicyclic) bond motifs is 2. The number of hydrogen-bond donors (Lipinski definition) is 1. The molecular weight excluding hydrogens is 162 g/mol. The van der Waals surface area contributed by atoms with Crippen molar-refractivity contribution >= 4 is 0 Å². The zero-order valence-corrected chi connectivity index (χ0v) is 8.97. The summed E-state index contributed by atoms with van der Waals surface area (Å²) in [6.45, 7) is 5.59. The molecule has 0 amide bonds. The van der Waals surface area contributed by atoms with Crippen LogP contribution >= 0.6 is 0 Å². The fraction of sp³-hybridized carbons (Fsp3) is 1.00. The van der Waals surface area contributed by atoms with E-state index in [2.05, 4.69) is 13.8 Å². The highest BCUT2D eigenvalue weighted by Crippen LogP contribution is 2.65. The van der Waals surface area contributed by atoms with Gasteiger partial charge in [0.25, 0.3) is 0 Å². The highest BCUT2D eigenvalue weighted by Gasteiger charge is 2.62. The van der Waals surface area contributed by atoms with Crippen molar-refractivity contribution in [1.29, 1.82) is 0 Å². The first-order valence-electron chi connectivity index (χ1n) is 5.29. The van der Waals surface area contributed by atoms with Crippen LogP contribution in [0, 0.1) is 16.7 Å². The Morgan fingerprint density at radius 2 is 2.15 bits per heavy atom. The van der Waals surface area contributed by atoms with Crippen LogP contribution in [-0.4, -0.2) is 19.8 Å². The van der Waals surface area contributed by atoms with Gasteiger partial charge in [-0.2, -0.15) is 0 Å². The molecule has 0 heterocycles. The van der Waals surface area contributed by atoms with Crippen LogP contribution < -0.4 is 5.73 Å². The van der Waals surface area contributed by atoms with E-state index in [1.54, 1.807) is 7.11 Å². The van der Waals surface area contributed by atoms with Gasteiger partial charge >= 0.3 is 0 Å². The Morgan fingerprint density at radius 1 is 1.46 bits per heavy atom. The lowest BCUT2D eigenvalue weighted by Crippen LogP contribution is -2.46. The highest BCUT2D eigenvalue weighted by atomic mass is 16.5. The number of hydrogen-bond acceptors (Lipinski definition) is 2. The van der Waals surface area contributed by atoms with Gasteiger partial charge in [-0.3, -0.25) is 0 Å². The molecule has 0 radical (unpaired) electrons. The van der Waals surface area contributed by atoms with Crippen LogP contribution in [0.15, 0.2) is 0 Å². The number of nitrogens with two attached hydrogens (primary N) is 1. The molecule has 2 rings (SSSR count). The molecule has 0 aromatic carbocycles. The summed E-state index contributed by atoms with van der Waals surface area (Å²) in [7, 11) is 1.79. The second kappa shape index (κ2) is 2.71. The molecule has 13 heavy (non-hydrogen) atoms. The largest absolute Gasteiger partial charge is 0.384 e. The van der Waals surface area contributed by atoms with E-state index in [4.69, 9.17) is 10.5 Å². The van der Waals surface area contributed by atoms with E-state index in [9.17, 15) is 0 Å². The first-order chi connectivity index (χ1) is 6.04. The van der Waals surface area contributed by atoms with Crippen molar-refractivity contribution in [2.75, 3.05) is 13.7 Å². The van der Waals surface area contributed by atoms with Gasteiger partial charge in [0.2, 0.25) is 0 Å². The van der Waals surface area contributed by atoms with Gasteiger partial charge in [0.05, 0.1) is 6.61 Å². The van der Waals surface area contributed by atoms with Gasteiger partial charge in [0.1, 0.15) is 0 Å². The van der Waals surface area contributed by atoms with Crippen molar-refractivity contribution in [1.82, 2.24) is 0 Å². The van der Waals surface area contributed by atoms with E-state index in [0.29, 0.717) is 11.5 Å². The van der Waals surface area contributed by atoms with Crippen molar-refractivity contribution in [3.63, 3.8) is 0 Å². The van der Waals surface area contributed by atoms with Crippen molar-refractivity contribution in [3.8, 4) is 0 Å². The molecule has 2 bridgehead atoms. The summed E-state index contributed by atoms with van der Waals surface area (Å²) in [6.07, 6.45) is 3.82. The Hall–Kier alpha value is -0.0800. The predicted molar refractivity (Wildman–Crippen MR) is 53.4 cm³/mol. The third kappa shape index (κ3) is 0.962. The molecule has 2 nitrogen and oxygen atoms in total. The Labute approximate surface area is 80.8 Å². The van der Waals surface area contributed by atoms with Gasteiger partial charge in [0.15, 0.2) is 0 Å². The van der Waals surface area contributed by atoms with Crippen LogP contribution in [0.5, 0.6) is 0 Å². The molecule has 3 atom stereocenters.